The highest BCUT2D eigenvalue weighted by Gasteiger charge is 2.43. The number of carboxylic acid groups (broad SMARTS) is 1. The fourth-order valence-electron chi connectivity index (χ4n) is 2.21. The van der Waals surface area contributed by atoms with Gasteiger partial charge in [0.15, 0.2) is 0 Å². The summed E-state index contributed by atoms with van der Waals surface area (Å²) in [5.74, 6) is -1.33. The third-order valence-electron chi connectivity index (χ3n) is 4.12. The molecule has 0 aromatic heterocycles. The third-order valence-corrected chi connectivity index (χ3v) is 4.12. The number of carbonyl (C=O) groups is 2. The van der Waals surface area contributed by atoms with Crippen LogP contribution in [0.5, 0.6) is 0 Å². The number of carbonyl (C=O) groups excluding carboxylic acids is 1. The van der Waals surface area contributed by atoms with E-state index in [2.05, 4.69) is 0 Å². The van der Waals surface area contributed by atoms with Crippen LogP contribution in [0.3, 0.4) is 0 Å². The third kappa shape index (κ3) is 2.66. The highest BCUT2D eigenvalue weighted by atomic mass is 16.4. The van der Waals surface area contributed by atoms with Crippen LogP contribution >= 0.6 is 0 Å². The topological polar surface area (TPSA) is 60.9 Å². The van der Waals surface area contributed by atoms with Gasteiger partial charge in [-0.2, -0.15) is 0 Å². The number of amides is 1. The van der Waals surface area contributed by atoms with Gasteiger partial charge < -0.3 is 10.0 Å². The number of rotatable bonds is 3. The zero-order chi connectivity index (χ0) is 14.1. The van der Waals surface area contributed by atoms with Gasteiger partial charge in [0, 0.05) is 19.1 Å². The van der Waals surface area contributed by atoms with E-state index in [-0.39, 0.29) is 11.9 Å². The van der Waals surface area contributed by atoms with E-state index < -0.39 is 17.4 Å². The van der Waals surface area contributed by atoms with Crippen molar-refractivity contribution in [3.8, 4) is 0 Å². The minimum Gasteiger partial charge on any atom is -0.481 e. The molecule has 0 radical (unpaired) electrons. The molecule has 1 N–H and O–H groups in total. The average molecular weight is 256 g/mol. The van der Waals surface area contributed by atoms with Crippen molar-refractivity contribution in [2.75, 3.05) is 20.1 Å². The second kappa shape index (κ2) is 5.26. The predicted octanol–water partition coefficient (Wildman–Crippen LogP) is 1.04. The molecule has 1 fully saturated rings. The van der Waals surface area contributed by atoms with Gasteiger partial charge in [-0.3, -0.25) is 14.5 Å². The summed E-state index contributed by atoms with van der Waals surface area (Å²) < 4.78 is 0. The van der Waals surface area contributed by atoms with Crippen molar-refractivity contribution in [1.29, 1.82) is 0 Å². The molecule has 5 heteroatoms. The van der Waals surface area contributed by atoms with Crippen LogP contribution in [0.1, 0.15) is 34.1 Å². The lowest BCUT2D eigenvalue weighted by Crippen LogP contribution is -2.54. The quantitative estimate of drug-likeness (QED) is 0.819. The lowest BCUT2D eigenvalue weighted by atomic mass is 10.0. The van der Waals surface area contributed by atoms with E-state index in [4.69, 9.17) is 0 Å². The highest BCUT2D eigenvalue weighted by molar-refractivity contribution is 5.87. The number of nitrogens with zero attached hydrogens (tertiary/aromatic N) is 2. The SMILES string of the molecule is CCC(C)N1CC(C(=O)O)CN(C)C(C)(C)C1=O. The number of likely N-dealkylation sites (N-methyl/N-ethyl adjacent to an activating group) is 1. The van der Waals surface area contributed by atoms with Gasteiger partial charge in [-0.05, 0) is 34.2 Å². The van der Waals surface area contributed by atoms with Gasteiger partial charge >= 0.3 is 5.97 Å². The molecule has 1 aliphatic rings. The maximum atomic E-state index is 12.5. The molecule has 0 aromatic rings. The molecule has 2 unspecified atom stereocenters. The molecule has 1 amide bonds. The van der Waals surface area contributed by atoms with Crippen LogP contribution in [0, 0.1) is 5.92 Å². The first-order chi connectivity index (χ1) is 8.21. The minimum atomic E-state index is -0.833. The fraction of sp³-hybridized carbons (Fsp3) is 0.846. The summed E-state index contributed by atoms with van der Waals surface area (Å²) in [7, 11) is 1.81. The van der Waals surface area contributed by atoms with Crippen molar-refractivity contribution in [1.82, 2.24) is 9.80 Å². The van der Waals surface area contributed by atoms with Crippen LogP contribution in [0.2, 0.25) is 0 Å². The molecule has 2 atom stereocenters. The Kier molecular flexibility index (Phi) is 4.37. The first-order valence-corrected chi connectivity index (χ1v) is 6.46. The minimum absolute atomic E-state index is 0.0168. The van der Waals surface area contributed by atoms with E-state index in [9.17, 15) is 14.7 Å². The number of aliphatic carboxylic acids is 1. The second-order valence-electron chi connectivity index (χ2n) is 5.69. The summed E-state index contributed by atoms with van der Waals surface area (Å²) in [5, 5.41) is 9.25. The van der Waals surface area contributed by atoms with Gasteiger partial charge in [-0.15, -0.1) is 0 Å². The zero-order valence-electron chi connectivity index (χ0n) is 11.9. The van der Waals surface area contributed by atoms with Crippen molar-refractivity contribution in [3.05, 3.63) is 0 Å². The smallest absolute Gasteiger partial charge is 0.309 e. The number of carboxylic acids is 1. The molecule has 1 aliphatic heterocycles. The molecule has 1 saturated heterocycles. The molecular weight excluding hydrogens is 232 g/mol. The first kappa shape index (κ1) is 15.0. The Balaban J connectivity index is 3.09. The van der Waals surface area contributed by atoms with Gasteiger partial charge in [-0.1, -0.05) is 6.92 Å². The maximum Gasteiger partial charge on any atom is 0.309 e. The molecule has 0 bridgehead atoms. The van der Waals surface area contributed by atoms with Gasteiger partial charge in [0.2, 0.25) is 5.91 Å². The molecule has 5 nitrogen and oxygen atoms in total. The zero-order valence-corrected chi connectivity index (χ0v) is 11.9. The lowest BCUT2D eigenvalue weighted by molar-refractivity contribution is -0.143. The molecule has 0 spiro atoms. The maximum absolute atomic E-state index is 12.5. The molecule has 104 valence electrons. The van der Waals surface area contributed by atoms with Gasteiger partial charge in [0.05, 0.1) is 11.5 Å². The van der Waals surface area contributed by atoms with E-state index in [0.717, 1.165) is 6.42 Å². The predicted molar refractivity (Wildman–Crippen MR) is 69.3 cm³/mol. The van der Waals surface area contributed by atoms with Crippen molar-refractivity contribution < 1.29 is 14.7 Å². The summed E-state index contributed by atoms with van der Waals surface area (Å²) in [6.45, 7) is 8.40. The summed E-state index contributed by atoms with van der Waals surface area (Å²) in [6, 6.07) is 0.0742. The summed E-state index contributed by atoms with van der Waals surface area (Å²) in [4.78, 5) is 27.4. The van der Waals surface area contributed by atoms with E-state index in [1.165, 1.54) is 0 Å². The molecule has 18 heavy (non-hydrogen) atoms. The van der Waals surface area contributed by atoms with Crippen molar-refractivity contribution >= 4 is 11.9 Å². The van der Waals surface area contributed by atoms with Crippen LogP contribution in [-0.2, 0) is 9.59 Å². The first-order valence-electron chi connectivity index (χ1n) is 6.46. The van der Waals surface area contributed by atoms with Crippen molar-refractivity contribution in [2.24, 2.45) is 5.92 Å². The van der Waals surface area contributed by atoms with Crippen LogP contribution in [0.4, 0.5) is 0 Å². The Labute approximate surface area is 109 Å². The molecule has 0 saturated carbocycles. The van der Waals surface area contributed by atoms with E-state index in [1.807, 2.05) is 39.6 Å². The summed E-state index contributed by atoms with van der Waals surface area (Å²) in [6.07, 6.45) is 0.831. The van der Waals surface area contributed by atoms with E-state index >= 15 is 0 Å². The molecule has 0 aliphatic carbocycles. The van der Waals surface area contributed by atoms with Gasteiger partial charge in [0.25, 0.3) is 0 Å². The van der Waals surface area contributed by atoms with Crippen molar-refractivity contribution in [3.63, 3.8) is 0 Å². The van der Waals surface area contributed by atoms with Gasteiger partial charge in [-0.25, -0.2) is 0 Å². The second-order valence-corrected chi connectivity index (χ2v) is 5.69. The Morgan fingerprint density at radius 2 is 2.06 bits per heavy atom. The standard InChI is InChI=1S/C13H24N2O3/c1-6-9(2)15-8-10(11(16)17)7-14(5)13(3,4)12(15)18/h9-10H,6-8H2,1-5H3,(H,16,17). The molecule has 1 rings (SSSR count). The molecule has 1 heterocycles. The number of hydrogen-bond donors (Lipinski definition) is 1. The Morgan fingerprint density at radius 1 is 1.50 bits per heavy atom. The number of hydrogen-bond acceptors (Lipinski definition) is 3. The largest absolute Gasteiger partial charge is 0.481 e. The fourth-order valence-corrected chi connectivity index (χ4v) is 2.21. The average Bonchev–Trinajstić information content (AvgIpc) is 2.38. The summed E-state index contributed by atoms with van der Waals surface area (Å²) in [5.41, 5.74) is -0.645. The van der Waals surface area contributed by atoms with Crippen LogP contribution in [0.15, 0.2) is 0 Å². The monoisotopic (exact) mass is 256 g/mol. The van der Waals surface area contributed by atoms with Crippen LogP contribution in [-0.4, -0.2) is 58.5 Å². The van der Waals surface area contributed by atoms with E-state index in [1.54, 1.807) is 4.90 Å². The molecule has 0 aromatic carbocycles. The Bertz CT molecular complexity index is 341. The van der Waals surface area contributed by atoms with Crippen LogP contribution < -0.4 is 0 Å². The normalized spacial score (nSPS) is 26.8. The Hall–Kier alpha value is -1.10. The Morgan fingerprint density at radius 3 is 2.50 bits per heavy atom. The highest BCUT2D eigenvalue weighted by Crippen LogP contribution is 2.25. The summed E-state index contributed by atoms with van der Waals surface area (Å²) >= 11 is 0. The van der Waals surface area contributed by atoms with Gasteiger partial charge in [0.1, 0.15) is 0 Å². The van der Waals surface area contributed by atoms with Crippen molar-refractivity contribution in [2.45, 2.75) is 45.7 Å². The van der Waals surface area contributed by atoms with E-state index in [0.29, 0.717) is 13.1 Å². The molecular formula is C13H24N2O3. The van der Waals surface area contributed by atoms with Crippen LogP contribution in [0.25, 0.3) is 0 Å². The lowest BCUT2D eigenvalue weighted by Gasteiger charge is -2.36.